The van der Waals surface area contributed by atoms with E-state index in [1.807, 2.05) is 43.3 Å². The van der Waals surface area contributed by atoms with Crippen molar-refractivity contribution in [3.05, 3.63) is 94.7 Å². The maximum Gasteiger partial charge on any atom is 0.254 e. The summed E-state index contributed by atoms with van der Waals surface area (Å²) >= 11 is 0. The van der Waals surface area contributed by atoms with E-state index in [1.54, 1.807) is 21.9 Å². The average molecular weight is 521 g/mol. The normalized spacial score (nSPS) is 15.0. The molecule has 0 N–H and O–H groups in total. The Balaban J connectivity index is 1.53. The lowest BCUT2D eigenvalue weighted by Gasteiger charge is -2.29. The van der Waals surface area contributed by atoms with Crippen LogP contribution in [0.1, 0.15) is 65.6 Å². The van der Waals surface area contributed by atoms with Crippen molar-refractivity contribution < 1.29 is 23.1 Å². The highest BCUT2D eigenvalue weighted by molar-refractivity contribution is 5.96. The summed E-state index contributed by atoms with van der Waals surface area (Å²) in [5.74, 6) is 0.674. The van der Waals surface area contributed by atoms with Gasteiger partial charge >= 0.3 is 0 Å². The molecule has 0 aliphatic carbocycles. The predicted octanol–water partition coefficient (Wildman–Crippen LogP) is 5.92. The Kier molecular flexibility index (Phi) is 9.71. The molecule has 0 radical (unpaired) electrons. The number of carbonyl (C=O) groups is 2. The van der Waals surface area contributed by atoms with Crippen LogP contribution in [0, 0.1) is 12.7 Å². The van der Waals surface area contributed by atoms with Crippen LogP contribution < -0.4 is 0 Å². The van der Waals surface area contributed by atoms with Crippen molar-refractivity contribution in [2.45, 2.75) is 65.1 Å². The van der Waals surface area contributed by atoms with Gasteiger partial charge in [0, 0.05) is 25.3 Å². The first-order valence-electron chi connectivity index (χ1n) is 13.5. The van der Waals surface area contributed by atoms with Gasteiger partial charge < -0.3 is 19.0 Å². The summed E-state index contributed by atoms with van der Waals surface area (Å²) in [5.41, 5.74) is 2.55. The molecular formula is C31H37FN2O4. The zero-order chi connectivity index (χ0) is 26.9. The van der Waals surface area contributed by atoms with E-state index in [-0.39, 0.29) is 43.4 Å². The Labute approximate surface area is 224 Å². The Bertz CT molecular complexity index is 1180. The zero-order valence-electron chi connectivity index (χ0n) is 22.3. The average Bonchev–Trinajstić information content (AvgIpc) is 3.59. The topological polar surface area (TPSA) is 63.0 Å². The van der Waals surface area contributed by atoms with Crippen LogP contribution >= 0.6 is 0 Å². The molecule has 2 aromatic carbocycles. The van der Waals surface area contributed by atoms with E-state index < -0.39 is 0 Å². The van der Waals surface area contributed by atoms with Crippen molar-refractivity contribution in [2.24, 2.45) is 0 Å². The van der Waals surface area contributed by atoms with Gasteiger partial charge in [-0.3, -0.25) is 9.59 Å². The number of halogens is 1. The molecule has 202 valence electrons. The Morgan fingerprint density at radius 1 is 0.947 bits per heavy atom. The molecule has 1 saturated heterocycles. The second-order valence-electron chi connectivity index (χ2n) is 10.0. The molecule has 1 atom stereocenters. The van der Waals surface area contributed by atoms with Gasteiger partial charge in [0.25, 0.3) is 5.91 Å². The van der Waals surface area contributed by atoms with Gasteiger partial charge in [-0.25, -0.2) is 4.39 Å². The first-order chi connectivity index (χ1) is 18.4. The van der Waals surface area contributed by atoms with E-state index in [4.69, 9.17) is 9.15 Å². The Morgan fingerprint density at radius 3 is 2.32 bits per heavy atom. The predicted molar refractivity (Wildman–Crippen MR) is 144 cm³/mol. The third-order valence-corrected chi connectivity index (χ3v) is 6.86. The van der Waals surface area contributed by atoms with E-state index in [0.29, 0.717) is 24.5 Å². The number of benzene rings is 2. The van der Waals surface area contributed by atoms with Crippen LogP contribution in [0.5, 0.6) is 0 Å². The van der Waals surface area contributed by atoms with Crippen LogP contribution in [0.4, 0.5) is 4.39 Å². The SMILES string of the molecule is CCCCc1ccc(C(=O)N(CC(=O)N(Cc2ccc(F)cc2)Cc2ccc(C)o2)CC2CCCO2)cc1. The highest BCUT2D eigenvalue weighted by atomic mass is 19.1. The molecule has 0 bridgehead atoms. The quantitative estimate of drug-likeness (QED) is 0.297. The standard InChI is InChI=1S/C31H37FN2O4/c1-3-4-6-24-9-13-26(14-10-24)31(36)34(20-28-7-5-18-37-28)22-30(35)33(21-29-17-8-23(2)38-29)19-25-11-15-27(32)16-12-25/h8-17,28H,3-7,18-22H2,1-2H3. The fourth-order valence-electron chi connectivity index (χ4n) is 4.69. The number of nitrogens with zero attached hydrogens (tertiary/aromatic N) is 2. The molecule has 1 aliphatic rings. The highest BCUT2D eigenvalue weighted by Crippen LogP contribution is 2.18. The molecule has 38 heavy (non-hydrogen) atoms. The number of furan rings is 1. The summed E-state index contributed by atoms with van der Waals surface area (Å²) in [5, 5.41) is 0. The molecule has 1 fully saturated rings. The van der Waals surface area contributed by atoms with Crippen molar-refractivity contribution in [3.63, 3.8) is 0 Å². The molecule has 0 saturated carbocycles. The lowest BCUT2D eigenvalue weighted by molar-refractivity contribution is -0.133. The third kappa shape index (κ3) is 7.78. The van der Waals surface area contributed by atoms with E-state index in [2.05, 4.69) is 6.92 Å². The minimum atomic E-state index is -0.331. The van der Waals surface area contributed by atoms with Gasteiger partial charge in [0.2, 0.25) is 5.91 Å². The maximum absolute atomic E-state index is 13.7. The Hall–Kier alpha value is -3.45. The summed E-state index contributed by atoms with van der Waals surface area (Å²) in [6.45, 7) is 5.46. The molecule has 1 aromatic heterocycles. The molecule has 3 aromatic rings. The molecule has 0 spiro atoms. The molecule has 1 unspecified atom stereocenters. The summed E-state index contributed by atoms with van der Waals surface area (Å²) in [6, 6.07) is 17.5. The molecule has 2 heterocycles. The minimum absolute atomic E-state index is 0.0861. The molecule has 7 heteroatoms. The van der Waals surface area contributed by atoms with Crippen molar-refractivity contribution >= 4 is 11.8 Å². The summed E-state index contributed by atoms with van der Waals surface area (Å²) in [6.07, 6.45) is 4.91. The first-order valence-corrected chi connectivity index (χ1v) is 13.5. The second kappa shape index (κ2) is 13.4. The fraction of sp³-hybridized carbons (Fsp3) is 0.419. The smallest absolute Gasteiger partial charge is 0.254 e. The summed E-state index contributed by atoms with van der Waals surface area (Å²) in [4.78, 5) is 30.6. The molecule has 6 nitrogen and oxygen atoms in total. The van der Waals surface area contributed by atoms with Crippen molar-refractivity contribution in [1.29, 1.82) is 0 Å². The minimum Gasteiger partial charge on any atom is -0.464 e. The van der Waals surface area contributed by atoms with Crippen molar-refractivity contribution in [3.8, 4) is 0 Å². The van der Waals surface area contributed by atoms with E-state index in [9.17, 15) is 14.0 Å². The van der Waals surface area contributed by atoms with Gasteiger partial charge in [-0.05, 0) is 80.1 Å². The third-order valence-electron chi connectivity index (χ3n) is 6.86. The number of carbonyl (C=O) groups excluding carboxylic acids is 2. The lowest BCUT2D eigenvalue weighted by Crippen LogP contribution is -2.45. The largest absolute Gasteiger partial charge is 0.464 e. The highest BCUT2D eigenvalue weighted by Gasteiger charge is 2.27. The zero-order valence-corrected chi connectivity index (χ0v) is 22.3. The van der Waals surface area contributed by atoms with Crippen LogP contribution in [-0.2, 0) is 29.0 Å². The van der Waals surface area contributed by atoms with Crippen LogP contribution in [0.15, 0.2) is 65.1 Å². The Morgan fingerprint density at radius 2 is 1.68 bits per heavy atom. The molecular weight excluding hydrogens is 483 g/mol. The van der Waals surface area contributed by atoms with Crippen LogP contribution in [0.25, 0.3) is 0 Å². The first kappa shape index (κ1) is 27.6. The maximum atomic E-state index is 13.7. The van der Waals surface area contributed by atoms with Crippen LogP contribution in [0.2, 0.25) is 0 Å². The number of amides is 2. The number of hydrogen-bond acceptors (Lipinski definition) is 4. The number of rotatable bonds is 12. The van der Waals surface area contributed by atoms with Gasteiger partial charge in [-0.1, -0.05) is 37.6 Å². The molecule has 4 rings (SSSR count). The molecule has 2 amide bonds. The van der Waals surface area contributed by atoms with Gasteiger partial charge in [0.1, 0.15) is 23.9 Å². The number of aryl methyl sites for hydroxylation is 2. The van der Waals surface area contributed by atoms with Crippen LogP contribution in [0.3, 0.4) is 0 Å². The van der Waals surface area contributed by atoms with E-state index >= 15 is 0 Å². The lowest BCUT2D eigenvalue weighted by atomic mass is 10.1. The van der Waals surface area contributed by atoms with Gasteiger partial charge in [-0.15, -0.1) is 0 Å². The summed E-state index contributed by atoms with van der Waals surface area (Å²) in [7, 11) is 0. The van der Waals surface area contributed by atoms with Crippen LogP contribution in [-0.4, -0.2) is 47.4 Å². The number of unbranched alkanes of at least 4 members (excludes halogenated alkanes) is 1. The van der Waals surface area contributed by atoms with Gasteiger partial charge in [0.05, 0.1) is 12.6 Å². The monoisotopic (exact) mass is 520 g/mol. The number of hydrogen-bond donors (Lipinski definition) is 0. The second-order valence-corrected chi connectivity index (χ2v) is 10.0. The van der Waals surface area contributed by atoms with Crippen molar-refractivity contribution in [1.82, 2.24) is 9.80 Å². The van der Waals surface area contributed by atoms with E-state index in [0.717, 1.165) is 43.4 Å². The van der Waals surface area contributed by atoms with E-state index in [1.165, 1.54) is 17.7 Å². The van der Waals surface area contributed by atoms with Gasteiger partial charge in [-0.2, -0.15) is 0 Å². The fourth-order valence-corrected chi connectivity index (χ4v) is 4.69. The van der Waals surface area contributed by atoms with Gasteiger partial charge in [0.15, 0.2) is 0 Å². The molecule has 1 aliphatic heterocycles. The number of ether oxygens (including phenoxy) is 1. The summed E-state index contributed by atoms with van der Waals surface area (Å²) < 4.78 is 25.0. The van der Waals surface area contributed by atoms with Crippen molar-refractivity contribution in [2.75, 3.05) is 19.7 Å².